The Balaban J connectivity index is 2.20. The standard InChI is InChI=1S/C13H19NO5S/c1-18-13-5-4-12(7-10(13)8-15)20(16,17)14-11-3-2-6-19-9-11/h4-5,7,11,14-15H,2-3,6,8-9H2,1H3. The first-order chi connectivity index (χ1) is 9.56. The fourth-order valence-corrected chi connectivity index (χ4v) is 3.47. The van der Waals surface area contributed by atoms with Gasteiger partial charge in [0.15, 0.2) is 0 Å². The number of methoxy groups -OCH3 is 1. The molecule has 0 amide bonds. The van der Waals surface area contributed by atoms with Crippen LogP contribution in [0.25, 0.3) is 0 Å². The van der Waals surface area contributed by atoms with Crippen LogP contribution in [0.1, 0.15) is 18.4 Å². The first kappa shape index (κ1) is 15.2. The predicted octanol–water partition coefficient (Wildman–Crippen LogP) is 0.645. The second kappa shape index (κ2) is 6.53. The Morgan fingerprint density at radius 2 is 2.30 bits per heavy atom. The lowest BCUT2D eigenvalue weighted by molar-refractivity contribution is 0.0774. The van der Waals surface area contributed by atoms with Crippen LogP contribution in [0.5, 0.6) is 5.75 Å². The summed E-state index contributed by atoms with van der Waals surface area (Å²) in [6.07, 6.45) is 1.61. The van der Waals surface area contributed by atoms with E-state index in [2.05, 4.69) is 4.72 Å². The lowest BCUT2D eigenvalue weighted by Crippen LogP contribution is -2.40. The molecule has 0 radical (unpaired) electrons. The first-order valence-corrected chi connectivity index (χ1v) is 7.93. The van der Waals surface area contributed by atoms with Gasteiger partial charge in [-0.1, -0.05) is 0 Å². The zero-order valence-corrected chi connectivity index (χ0v) is 12.1. The van der Waals surface area contributed by atoms with Gasteiger partial charge in [-0.2, -0.15) is 0 Å². The molecule has 0 bridgehead atoms. The highest BCUT2D eigenvalue weighted by Gasteiger charge is 2.23. The number of nitrogens with one attached hydrogen (secondary N) is 1. The van der Waals surface area contributed by atoms with Gasteiger partial charge in [0.1, 0.15) is 5.75 Å². The molecule has 0 aliphatic carbocycles. The molecular weight excluding hydrogens is 282 g/mol. The molecule has 112 valence electrons. The number of rotatable bonds is 5. The van der Waals surface area contributed by atoms with Crippen molar-refractivity contribution in [2.75, 3.05) is 20.3 Å². The van der Waals surface area contributed by atoms with Crippen molar-refractivity contribution < 1.29 is 23.0 Å². The molecule has 6 nitrogen and oxygen atoms in total. The highest BCUT2D eigenvalue weighted by atomic mass is 32.2. The summed E-state index contributed by atoms with van der Waals surface area (Å²) in [6.45, 7) is 0.788. The average molecular weight is 301 g/mol. The minimum absolute atomic E-state index is 0.118. The van der Waals surface area contributed by atoms with Crippen LogP contribution in [0.3, 0.4) is 0 Å². The molecule has 1 aliphatic rings. The summed E-state index contributed by atoms with van der Waals surface area (Å²) in [4.78, 5) is 0.118. The Kier molecular flexibility index (Phi) is 4.98. The fraction of sp³-hybridized carbons (Fsp3) is 0.538. The summed E-state index contributed by atoms with van der Waals surface area (Å²) in [6, 6.07) is 4.22. The maximum absolute atomic E-state index is 12.3. The number of sulfonamides is 1. The van der Waals surface area contributed by atoms with Gasteiger partial charge in [-0.15, -0.1) is 0 Å². The van der Waals surface area contributed by atoms with Gasteiger partial charge in [0, 0.05) is 18.2 Å². The predicted molar refractivity (Wildman–Crippen MR) is 73.1 cm³/mol. The van der Waals surface area contributed by atoms with Crippen LogP contribution >= 0.6 is 0 Å². The summed E-state index contributed by atoms with van der Waals surface area (Å²) in [5.41, 5.74) is 0.440. The Labute approximate surface area is 118 Å². The molecule has 0 aromatic heterocycles. The van der Waals surface area contributed by atoms with Crippen LogP contribution in [0.2, 0.25) is 0 Å². The van der Waals surface area contributed by atoms with Gasteiger partial charge < -0.3 is 14.6 Å². The SMILES string of the molecule is COc1ccc(S(=O)(=O)NC2CCCOC2)cc1CO. The lowest BCUT2D eigenvalue weighted by atomic mass is 10.1. The minimum atomic E-state index is -3.61. The van der Waals surface area contributed by atoms with Crippen LogP contribution in [0.4, 0.5) is 0 Å². The summed E-state index contributed by atoms with van der Waals surface area (Å²) in [5.74, 6) is 0.465. The van der Waals surface area contributed by atoms with E-state index in [4.69, 9.17) is 9.47 Å². The summed E-state index contributed by atoms with van der Waals surface area (Å²) < 4.78 is 37.5. The van der Waals surface area contributed by atoms with Crippen LogP contribution in [0.15, 0.2) is 23.1 Å². The third-order valence-corrected chi connectivity index (χ3v) is 4.73. The minimum Gasteiger partial charge on any atom is -0.496 e. The third-order valence-electron chi connectivity index (χ3n) is 3.21. The Morgan fingerprint density at radius 3 is 2.90 bits per heavy atom. The maximum atomic E-state index is 12.3. The van der Waals surface area contributed by atoms with E-state index >= 15 is 0 Å². The number of ether oxygens (including phenoxy) is 2. The second-order valence-corrected chi connectivity index (χ2v) is 6.38. The van der Waals surface area contributed by atoms with Crippen molar-refractivity contribution in [1.82, 2.24) is 4.72 Å². The molecule has 1 aromatic carbocycles. The second-order valence-electron chi connectivity index (χ2n) is 4.67. The Hall–Kier alpha value is -1.15. The number of benzene rings is 1. The van der Waals surface area contributed by atoms with E-state index in [0.717, 1.165) is 12.8 Å². The van der Waals surface area contributed by atoms with Gasteiger partial charge in [0.2, 0.25) is 10.0 Å². The van der Waals surface area contributed by atoms with E-state index in [0.29, 0.717) is 24.5 Å². The highest BCUT2D eigenvalue weighted by Crippen LogP contribution is 2.23. The van der Waals surface area contributed by atoms with Crippen molar-refractivity contribution in [3.05, 3.63) is 23.8 Å². The van der Waals surface area contributed by atoms with E-state index in [1.807, 2.05) is 0 Å². The lowest BCUT2D eigenvalue weighted by Gasteiger charge is -2.23. The fourth-order valence-electron chi connectivity index (χ4n) is 2.17. The smallest absolute Gasteiger partial charge is 0.240 e. The topological polar surface area (TPSA) is 84.9 Å². The van der Waals surface area contributed by atoms with Gasteiger partial charge in [0.25, 0.3) is 0 Å². The highest BCUT2D eigenvalue weighted by molar-refractivity contribution is 7.89. The number of hydrogen-bond donors (Lipinski definition) is 2. The zero-order valence-electron chi connectivity index (χ0n) is 11.3. The van der Waals surface area contributed by atoms with Gasteiger partial charge in [-0.3, -0.25) is 0 Å². The third kappa shape index (κ3) is 3.49. The molecule has 1 saturated heterocycles. The summed E-state index contributed by atoms with van der Waals surface area (Å²) in [5, 5.41) is 9.25. The van der Waals surface area contributed by atoms with Gasteiger partial charge in [-0.25, -0.2) is 13.1 Å². The molecule has 20 heavy (non-hydrogen) atoms. The zero-order chi connectivity index (χ0) is 14.6. The Bertz CT molecular complexity index is 552. The molecule has 1 unspecified atom stereocenters. The van der Waals surface area contributed by atoms with Crippen molar-refractivity contribution in [2.24, 2.45) is 0 Å². The number of hydrogen-bond acceptors (Lipinski definition) is 5. The molecule has 2 N–H and O–H groups in total. The van der Waals surface area contributed by atoms with Crippen molar-refractivity contribution in [1.29, 1.82) is 0 Å². The largest absolute Gasteiger partial charge is 0.496 e. The van der Waals surface area contributed by atoms with Crippen molar-refractivity contribution in [3.63, 3.8) is 0 Å². The van der Waals surface area contributed by atoms with E-state index in [9.17, 15) is 13.5 Å². The van der Waals surface area contributed by atoms with Crippen LogP contribution in [-0.4, -0.2) is 39.9 Å². The van der Waals surface area contributed by atoms with Gasteiger partial charge >= 0.3 is 0 Å². The van der Waals surface area contributed by atoms with E-state index in [1.165, 1.54) is 25.3 Å². The molecule has 1 heterocycles. The Morgan fingerprint density at radius 1 is 1.50 bits per heavy atom. The normalized spacial score (nSPS) is 19.8. The monoisotopic (exact) mass is 301 g/mol. The first-order valence-electron chi connectivity index (χ1n) is 6.44. The molecular formula is C13H19NO5S. The molecule has 0 saturated carbocycles. The van der Waals surface area contributed by atoms with Gasteiger partial charge in [-0.05, 0) is 31.0 Å². The van der Waals surface area contributed by atoms with Crippen LogP contribution in [-0.2, 0) is 21.4 Å². The summed E-state index contributed by atoms with van der Waals surface area (Å²) in [7, 11) is -2.14. The van der Waals surface area contributed by atoms with Crippen molar-refractivity contribution >= 4 is 10.0 Å². The van der Waals surface area contributed by atoms with Crippen molar-refractivity contribution in [3.8, 4) is 5.75 Å². The van der Waals surface area contributed by atoms with Gasteiger partial charge in [0.05, 0.1) is 25.2 Å². The molecule has 1 aliphatic heterocycles. The molecule has 1 atom stereocenters. The molecule has 7 heteroatoms. The maximum Gasteiger partial charge on any atom is 0.240 e. The molecule has 1 fully saturated rings. The van der Waals surface area contributed by atoms with Crippen LogP contribution in [0, 0.1) is 0 Å². The van der Waals surface area contributed by atoms with E-state index in [-0.39, 0.29) is 17.5 Å². The summed E-state index contributed by atoms with van der Waals surface area (Å²) >= 11 is 0. The van der Waals surface area contributed by atoms with E-state index < -0.39 is 10.0 Å². The molecule has 1 aromatic rings. The van der Waals surface area contributed by atoms with Crippen LogP contribution < -0.4 is 9.46 Å². The van der Waals surface area contributed by atoms with E-state index in [1.54, 1.807) is 0 Å². The quantitative estimate of drug-likeness (QED) is 0.834. The molecule has 0 spiro atoms. The number of aliphatic hydroxyl groups is 1. The number of aliphatic hydroxyl groups excluding tert-OH is 1. The average Bonchev–Trinajstić information content (AvgIpc) is 2.47. The molecule has 2 rings (SSSR count). The van der Waals surface area contributed by atoms with Crippen molar-refractivity contribution in [2.45, 2.75) is 30.4 Å².